The fraction of sp³-hybridized carbons (Fsp3) is 0.200. The molecule has 14 heavy (non-hydrogen) atoms. The second-order valence-corrected chi connectivity index (χ2v) is 4.63. The minimum Gasteiger partial charge on any atom is -0.476 e. The van der Waals surface area contributed by atoms with Gasteiger partial charge in [0.15, 0.2) is 10.8 Å². The van der Waals surface area contributed by atoms with E-state index in [0.29, 0.717) is 0 Å². The molecule has 0 aliphatic heterocycles. The molecule has 3 N–H and O–H groups in total. The zero-order valence-electron chi connectivity index (χ0n) is 7.01. The second kappa shape index (κ2) is 3.90. The molecular formula is C5H7N3O4S2. The van der Waals surface area contributed by atoms with Gasteiger partial charge in [-0.1, -0.05) is 0 Å². The summed E-state index contributed by atoms with van der Waals surface area (Å²) in [6.45, 7) is 0. The number of hydrogen-bond donors (Lipinski definition) is 3. The van der Waals surface area contributed by atoms with E-state index >= 15 is 0 Å². The number of carboxylic acid groups (broad SMARTS) is 1. The van der Waals surface area contributed by atoms with Crippen molar-refractivity contribution in [3.05, 3.63) is 11.1 Å². The summed E-state index contributed by atoms with van der Waals surface area (Å²) in [6.07, 6.45) is 0. The van der Waals surface area contributed by atoms with Crippen molar-refractivity contribution in [3.63, 3.8) is 0 Å². The summed E-state index contributed by atoms with van der Waals surface area (Å²) >= 11 is 0.898. The summed E-state index contributed by atoms with van der Waals surface area (Å²) in [6, 6.07) is 0. The number of aromatic carboxylic acids is 1. The lowest BCUT2D eigenvalue weighted by molar-refractivity contribution is 0.0691. The highest BCUT2D eigenvalue weighted by molar-refractivity contribution is 7.91. The predicted octanol–water partition coefficient (Wildman–Crippen LogP) is -0.283. The molecule has 0 aliphatic carbocycles. The molecule has 1 heterocycles. The van der Waals surface area contributed by atoms with Crippen molar-refractivity contribution in [3.8, 4) is 0 Å². The smallest absolute Gasteiger partial charge is 0.355 e. The first kappa shape index (κ1) is 10.9. The normalized spacial score (nSPS) is 11.2. The Morgan fingerprint density at radius 3 is 2.71 bits per heavy atom. The minimum atomic E-state index is -3.63. The monoisotopic (exact) mass is 237 g/mol. The summed E-state index contributed by atoms with van der Waals surface area (Å²) in [5, 5.41) is 9.76. The first-order chi connectivity index (χ1) is 6.44. The van der Waals surface area contributed by atoms with E-state index in [1.54, 1.807) is 0 Å². The van der Waals surface area contributed by atoms with E-state index in [1.165, 1.54) is 12.4 Å². The number of carbonyl (C=O) groups is 1. The third-order valence-corrected chi connectivity index (χ3v) is 3.10. The molecule has 0 spiro atoms. The molecule has 0 amide bonds. The number of aromatic nitrogens is 1. The predicted molar refractivity (Wildman–Crippen MR) is 50.7 cm³/mol. The van der Waals surface area contributed by atoms with Crippen molar-refractivity contribution in [1.82, 2.24) is 9.71 Å². The van der Waals surface area contributed by atoms with Crippen LogP contribution in [0.3, 0.4) is 0 Å². The van der Waals surface area contributed by atoms with Crippen molar-refractivity contribution in [2.45, 2.75) is 0 Å². The molecule has 78 valence electrons. The van der Waals surface area contributed by atoms with Crippen molar-refractivity contribution in [1.29, 1.82) is 0 Å². The van der Waals surface area contributed by atoms with E-state index in [1.807, 2.05) is 9.44 Å². The lowest BCUT2D eigenvalue weighted by atomic mass is 10.5. The number of thiazole rings is 1. The van der Waals surface area contributed by atoms with Crippen molar-refractivity contribution in [2.75, 3.05) is 11.8 Å². The highest BCUT2D eigenvalue weighted by Crippen LogP contribution is 2.15. The maximum absolute atomic E-state index is 10.9. The van der Waals surface area contributed by atoms with Crippen LogP contribution in [0.5, 0.6) is 0 Å². The standard InChI is InChI=1S/C5H7N3O4S2/c1-6-14(11,12)8-5-7-3(2-13-5)4(9)10/h2,6H,1H3,(H,7,8)(H,9,10). The van der Waals surface area contributed by atoms with Gasteiger partial charge in [0.1, 0.15) is 0 Å². The summed E-state index contributed by atoms with van der Waals surface area (Å²) in [4.78, 5) is 13.9. The Bertz CT molecular complexity index is 438. The molecule has 1 rings (SSSR count). The summed E-state index contributed by atoms with van der Waals surface area (Å²) < 4.78 is 25.9. The van der Waals surface area contributed by atoms with Gasteiger partial charge in [-0.2, -0.15) is 8.42 Å². The number of hydrogen-bond acceptors (Lipinski definition) is 5. The van der Waals surface area contributed by atoms with Gasteiger partial charge in [-0.25, -0.2) is 19.2 Å². The van der Waals surface area contributed by atoms with Crippen LogP contribution in [0.2, 0.25) is 0 Å². The Balaban J connectivity index is 2.84. The molecule has 9 heteroatoms. The molecule has 0 unspecified atom stereocenters. The first-order valence-electron chi connectivity index (χ1n) is 3.35. The maximum atomic E-state index is 10.9. The Labute approximate surface area is 84.0 Å². The fourth-order valence-corrected chi connectivity index (χ4v) is 2.01. The fourth-order valence-electron chi connectivity index (χ4n) is 0.585. The zero-order chi connectivity index (χ0) is 10.8. The molecule has 1 aromatic heterocycles. The van der Waals surface area contributed by atoms with Crippen LogP contribution in [0, 0.1) is 0 Å². The van der Waals surface area contributed by atoms with Crippen molar-refractivity contribution >= 4 is 32.6 Å². The lowest BCUT2D eigenvalue weighted by Gasteiger charge is -2.00. The SMILES string of the molecule is CNS(=O)(=O)Nc1nc(C(=O)O)cs1. The van der Waals surface area contributed by atoms with Gasteiger partial charge in [0, 0.05) is 12.4 Å². The summed E-state index contributed by atoms with van der Waals surface area (Å²) in [7, 11) is -2.40. The van der Waals surface area contributed by atoms with E-state index in [-0.39, 0.29) is 10.8 Å². The molecule has 0 fully saturated rings. The van der Waals surface area contributed by atoms with Gasteiger partial charge in [0.05, 0.1) is 0 Å². The number of rotatable bonds is 4. The lowest BCUT2D eigenvalue weighted by Crippen LogP contribution is -2.26. The highest BCUT2D eigenvalue weighted by atomic mass is 32.2. The highest BCUT2D eigenvalue weighted by Gasteiger charge is 2.12. The van der Waals surface area contributed by atoms with Gasteiger partial charge in [-0.05, 0) is 0 Å². The van der Waals surface area contributed by atoms with Crippen molar-refractivity contribution < 1.29 is 18.3 Å². The molecule has 0 atom stereocenters. The molecule has 0 aromatic carbocycles. The van der Waals surface area contributed by atoms with Crippen LogP contribution in [0.25, 0.3) is 0 Å². The maximum Gasteiger partial charge on any atom is 0.355 e. The van der Waals surface area contributed by atoms with Crippen LogP contribution in [0.1, 0.15) is 10.5 Å². The van der Waals surface area contributed by atoms with E-state index in [4.69, 9.17) is 5.11 Å². The Morgan fingerprint density at radius 1 is 1.64 bits per heavy atom. The molecule has 7 nitrogen and oxygen atoms in total. The molecule has 0 radical (unpaired) electrons. The van der Waals surface area contributed by atoms with Gasteiger partial charge in [0.25, 0.3) is 0 Å². The zero-order valence-corrected chi connectivity index (χ0v) is 8.65. The van der Waals surface area contributed by atoms with E-state index in [2.05, 4.69) is 4.98 Å². The average molecular weight is 237 g/mol. The van der Waals surface area contributed by atoms with Gasteiger partial charge < -0.3 is 5.11 Å². The van der Waals surface area contributed by atoms with Crippen molar-refractivity contribution in [2.24, 2.45) is 0 Å². The quantitative estimate of drug-likeness (QED) is 0.667. The molecule has 0 bridgehead atoms. The Kier molecular flexibility index (Phi) is 3.03. The largest absolute Gasteiger partial charge is 0.476 e. The number of anilines is 1. The van der Waals surface area contributed by atoms with Crippen LogP contribution >= 0.6 is 11.3 Å². The number of nitrogens with zero attached hydrogens (tertiary/aromatic N) is 1. The molecule has 0 saturated heterocycles. The van der Waals surface area contributed by atoms with E-state index in [9.17, 15) is 13.2 Å². The number of carboxylic acids is 1. The molecule has 0 saturated carbocycles. The number of nitrogens with one attached hydrogen (secondary N) is 2. The first-order valence-corrected chi connectivity index (χ1v) is 5.71. The summed E-state index contributed by atoms with van der Waals surface area (Å²) in [5.74, 6) is -1.20. The van der Waals surface area contributed by atoms with Crippen LogP contribution in [-0.2, 0) is 10.2 Å². The summed E-state index contributed by atoms with van der Waals surface area (Å²) in [5.41, 5.74) is -0.191. The van der Waals surface area contributed by atoms with Crippen LogP contribution in [0.4, 0.5) is 5.13 Å². The van der Waals surface area contributed by atoms with Crippen LogP contribution in [-0.4, -0.2) is 31.5 Å². The molecular weight excluding hydrogens is 230 g/mol. The average Bonchev–Trinajstić information content (AvgIpc) is 2.52. The minimum absolute atomic E-state index is 0.0109. The topological polar surface area (TPSA) is 108 Å². The Hall–Kier alpha value is -1.19. The van der Waals surface area contributed by atoms with Gasteiger partial charge in [0.2, 0.25) is 0 Å². The Morgan fingerprint density at radius 2 is 2.29 bits per heavy atom. The second-order valence-electron chi connectivity index (χ2n) is 2.15. The van der Waals surface area contributed by atoms with Crippen LogP contribution in [0.15, 0.2) is 5.38 Å². The van der Waals surface area contributed by atoms with E-state index in [0.717, 1.165) is 11.3 Å². The third-order valence-electron chi connectivity index (χ3n) is 1.21. The third kappa shape index (κ3) is 2.65. The van der Waals surface area contributed by atoms with E-state index < -0.39 is 16.2 Å². The molecule has 1 aromatic rings. The van der Waals surface area contributed by atoms with Gasteiger partial charge in [-0.3, -0.25) is 0 Å². The van der Waals surface area contributed by atoms with Crippen LogP contribution < -0.4 is 9.44 Å². The molecule has 0 aliphatic rings. The van der Waals surface area contributed by atoms with Gasteiger partial charge >= 0.3 is 16.2 Å². The van der Waals surface area contributed by atoms with Gasteiger partial charge in [-0.15, -0.1) is 11.3 Å².